The zero-order chi connectivity index (χ0) is 18.2. The summed E-state index contributed by atoms with van der Waals surface area (Å²) in [5, 5.41) is 17.9. The molecule has 0 unspecified atom stereocenters. The summed E-state index contributed by atoms with van der Waals surface area (Å²) in [5.41, 5.74) is 1.19. The molecule has 0 aliphatic rings. The van der Waals surface area contributed by atoms with Crippen LogP contribution in [0.3, 0.4) is 0 Å². The Kier molecular flexibility index (Phi) is 6.47. The van der Waals surface area contributed by atoms with Crippen LogP contribution in [0.15, 0.2) is 36.4 Å². The van der Waals surface area contributed by atoms with Gasteiger partial charge in [0.15, 0.2) is 6.61 Å². The van der Waals surface area contributed by atoms with E-state index in [0.717, 1.165) is 0 Å². The highest BCUT2D eigenvalue weighted by Gasteiger charge is 2.18. The minimum atomic E-state index is -1.09. The SMILES string of the molecule is COc1ccc(-c2c(OC)cccc2OCCO)c(OCC(=O)O)c1. The first-order valence-electron chi connectivity index (χ1n) is 7.54. The molecule has 7 nitrogen and oxygen atoms in total. The predicted octanol–water partition coefficient (Wildman–Crippen LogP) is 2.21. The molecule has 0 spiro atoms. The van der Waals surface area contributed by atoms with E-state index in [9.17, 15) is 4.79 Å². The second-order valence-electron chi connectivity index (χ2n) is 4.95. The fourth-order valence-corrected chi connectivity index (χ4v) is 2.32. The Labute approximate surface area is 145 Å². The predicted molar refractivity (Wildman–Crippen MR) is 90.7 cm³/mol. The van der Waals surface area contributed by atoms with Gasteiger partial charge in [-0.15, -0.1) is 0 Å². The molecule has 0 atom stereocenters. The molecule has 0 aliphatic heterocycles. The summed E-state index contributed by atoms with van der Waals surface area (Å²) < 4.78 is 21.6. The van der Waals surface area contributed by atoms with Crippen molar-refractivity contribution in [3.8, 4) is 34.1 Å². The van der Waals surface area contributed by atoms with Gasteiger partial charge in [-0.05, 0) is 24.3 Å². The van der Waals surface area contributed by atoms with Crippen molar-refractivity contribution >= 4 is 5.97 Å². The van der Waals surface area contributed by atoms with Gasteiger partial charge in [-0.25, -0.2) is 4.79 Å². The topological polar surface area (TPSA) is 94.5 Å². The average Bonchev–Trinajstić information content (AvgIpc) is 2.64. The molecule has 0 radical (unpaired) electrons. The highest BCUT2D eigenvalue weighted by molar-refractivity contribution is 5.82. The van der Waals surface area contributed by atoms with Crippen LogP contribution in [0.2, 0.25) is 0 Å². The monoisotopic (exact) mass is 348 g/mol. The van der Waals surface area contributed by atoms with E-state index in [1.165, 1.54) is 14.2 Å². The van der Waals surface area contributed by atoms with Gasteiger partial charge in [0.2, 0.25) is 0 Å². The summed E-state index contributed by atoms with van der Waals surface area (Å²) >= 11 is 0. The molecule has 2 N–H and O–H groups in total. The number of carboxylic acids is 1. The number of aliphatic hydroxyl groups excluding tert-OH is 1. The highest BCUT2D eigenvalue weighted by atomic mass is 16.5. The van der Waals surface area contributed by atoms with E-state index >= 15 is 0 Å². The molecule has 134 valence electrons. The van der Waals surface area contributed by atoms with Gasteiger partial charge in [-0.3, -0.25) is 0 Å². The molecule has 0 heterocycles. The number of rotatable bonds is 9. The van der Waals surface area contributed by atoms with Crippen LogP contribution < -0.4 is 18.9 Å². The fourth-order valence-electron chi connectivity index (χ4n) is 2.32. The maximum atomic E-state index is 10.9. The standard InChI is InChI=1S/C18H20O7/c1-22-12-6-7-13(16(10-12)25-11-17(20)21)18-14(23-2)4-3-5-15(18)24-9-8-19/h3-7,10,19H,8-9,11H2,1-2H3,(H,20,21). The van der Waals surface area contributed by atoms with Crippen LogP contribution in [0.5, 0.6) is 23.0 Å². The molecule has 0 fully saturated rings. The van der Waals surface area contributed by atoms with E-state index in [1.807, 2.05) is 0 Å². The number of carboxylic acid groups (broad SMARTS) is 1. The number of ether oxygens (including phenoxy) is 4. The Hall–Kier alpha value is -2.93. The number of aliphatic carboxylic acids is 1. The number of carbonyl (C=O) groups is 1. The Balaban J connectivity index is 2.57. The lowest BCUT2D eigenvalue weighted by Gasteiger charge is -2.18. The Morgan fingerprint density at radius 1 is 1.00 bits per heavy atom. The Morgan fingerprint density at radius 3 is 2.40 bits per heavy atom. The van der Waals surface area contributed by atoms with E-state index in [1.54, 1.807) is 36.4 Å². The number of aliphatic hydroxyl groups is 1. The van der Waals surface area contributed by atoms with Crippen LogP contribution in [-0.4, -0.2) is 50.2 Å². The van der Waals surface area contributed by atoms with E-state index in [2.05, 4.69) is 0 Å². The average molecular weight is 348 g/mol. The Morgan fingerprint density at radius 2 is 1.76 bits per heavy atom. The summed E-state index contributed by atoms with van der Waals surface area (Å²) in [6.07, 6.45) is 0. The van der Waals surface area contributed by atoms with Gasteiger partial charge in [-0.1, -0.05) is 6.07 Å². The second kappa shape index (κ2) is 8.79. The summed E-state index contributed by atoms with van der Waals surface area (Å²) in [6.45, 7) is -0.522. The van der Waals surface area contributed by atoms with Crippen LogP contribution in [0, 0.1) is 0 Å². The summed E-state index contributed by atoms with van der Waals surface area (Å²) in [4.78, 5) is 10.9. The van der Waals surface area contributed by atoms with Crippen molar-refractivity contribution in [2.75, 3.05) is 34.0 Å². The van der Waals surface area contributed by atoms with Crippen molar-refractivity contribution in [3.63, 3.8) is 0 Å². The number of methoxy groups -OCH3 is 2. The zero-order valence-electron chi connectivity index (χ0n) is 14.0. The number of hydrogen-bond acceptors (Lipinski definition) is 6. The third-order valence-corrected chi connectivity index (χ3v) is 3.37. The van der Waals surface area contributed by atoms with E-state index in [-0.39, 0.29) is 13.2 Å². The second-order valence-corrected chi connectivity index (χ2v) is 4.95. The van der Waals surface area contributed by atoms with Crippen LogP contribution in [0.25, 0.3) is 11.1 Å². The minimum Gasteiger partial charge on any atom is -0.497 e. The van der Waals surface area contributed by atoms with Gasteiger partial charge in [-0.2, -0.15) is 0 Å². The summed E-state index contributed by atoms with van der Waals surface area (Å²) in [5.74, 6) is 0.766. The van der Waals surface area contributed by atoms with Gasteiger partial charge in [0.05, 0.1) is 26.4 Å². The third kappa shape index (κ3) is 4.54. The van der Waals surface area contributed by atoms with E-state index in [4.69, 9.17) is 29.2 Å². The van der Waals surface area contributed by atoms with Crippen LogP contribution >= 0.6 is 0 Å². The van der Waals surface area contributed by atoms with Crippen molar-refractivity contribution in [3.05, 3.63) is 36.4 Å². The van der Waals surface area contributed by atoms with E-state index in [0.29, 0.717) is 34.1 Å². The number of hydrogen-bond donors (Lipinski definition) is 2. The molecule has 0 bridgehead atoms. The van der Waals surface area contributed by atoms with Crippen molar-refractivity contribution in [2.24, 2.45) is 0 Å². The van der Waals surface area contributed by atoms with E-state index < -0.39 is 12.6 Å². The maximum absolute atomic E-state index is 10.9. The van der Waals surface area contributed by atoms with Crippen molar-refractivity contribution in [1.82, 2.24) is 0 Å². The van der Waals surface area contributed by atoms with Crippen LogP contribution in [-0.2, 0) is 4.79 Å². The van der Waals surface area contributed by atoms with Crippen LogP contribution in [0.1, 0.15) is 0 Å². The lowest BCUT2D eigenvalue weighted by Crippen LogP contribution is -2.10. The normalized spacial score (nSPS) is 10.2. The molecule has 2 rings (SSSR count). The molecule has 2 aromatic carbocycles. The molecule has 0 amide bonds. The first-order valence-corrected chi connectivity index (χ1v) is 7.54. The lowest BCUT2D eigenvalue weighted by atomic mass is 10.0. The number of benzene rings is 2. The molecule has 2 aromatic rings. The van der Waals surface area contributed by atoms with Crippen molar-refractivity contribution in [1.29, 1.82) is 0 Å². The van der Waals surface area contributed by atoms with Crippen molar-refractivity contribution < 1.29 is 34.0 Å². The van der Waals surface area contributed by atoms with Gasteiger partial charge in [0.25, 0.3) is 0 Å². The minimum absolute atomic E-state index is 0.113. The van der Waals surface area contributed by atoms with Crippen molar-refractivity contribution in [2.45, 2.75) is 0 Å². The first-order chi connectivity index (χ1) is 12.1. The van der Waals surface area contributed by atoms with Gasteiger partial charge in [0, 0.05) is 11.6 Å². The summed E-state index contributed by atoms with van der Waals surface area (Å²) in [6, 6.07) is 10.3. The molecule has 0 saturated heterocycles. The van der Waals surface area contributed by atoms with Crippen LogP contribution in [0.4, 0.5) is 0 Å². The third-order valence-electron chi connectivity index (χ3n) is 3.37. The highest BCUT2D eigenvalue weighted by Crippen LogP contribution is 2.44. The largest absolute Gasteiger partial charge is 0.497 e. The lowest BCUT2D eigenvalue weighted by molar-refractivity contribution is -0.139. The maximum Gasteiger partial charge on any atom is 0.341 e. The molecule has 25 heavy (non-hydrogen) atoms. The quantitative estimate of drug-likeness (QED) is 0.717. The summed E-state index contributed by atoms with van der Waals surface area (Å²) in [7, 11) is 3.03. The zero-order valence-corrected chi connectivity index (χ0v) is 14.0. The molecule has 0 saturated carbocycles. The van der Waals surface area contributed by atoms with Gasteiger partial charge in [0.1, 0.15) is 29.6 Å². The smallest absolute Gasteiger partial charge is 0.341 e. The Bertz CT molecular complexity index is 727. The van der Waals surface area contributed by atoms with Gasteiger partial charge < -0.3 is 29.2 Å². The molecular weight excluding hydrogens is 328 g/mol. The molecular formula is C18H20O7. The molecule has 0 aliphatic carbocycles. The molecule has 7 heteroatoms. The first kappa shape index (κ1) is 18.4. The molecule has 0 aromatic heterocycles. The van der Waals surface area contributed by atoms with Gasteiger partial charge >= 0.3 is 5.97 Å². The fraction of sp³-hybridized carbons (Fsp3) is 0.278.